The normalized spacial score (nSPS) is 17.9. The molecule has 2 aromatic heterocycles. The summed E-state index contributed by atoms with van der Waals surface area (Å²) < 4.78 is 36.2. The zero-order chi connectivity index (χ0) is 49.7. The summed E-state index contributed by atoms with van der Waals surface area (Å²) in [6.45, 7) is 8.08. The molecular weight excluding hydrogens is 948 g/mol. The molecule has 0 saturated carbocycles. The first kappa shape index (κ1) is 47.5. The van der Waals surface area contributed by atoms with E-state index in [1.807, 2.05) is 37.6 Å². The molecule has 6 heterocycles. The molecule has 17 nitrogen and oxygen atoms in total. The summed E-state index contributed by atoms with van der Waals surface area (Å²) in [6.07, 6.45) is 7.35. The third kappa shape index (κ3) is 9.46. The molecule has 71 heavy (non-hydrogen) atoms. The molecule has 366 valence electrons. The van der Waals surface area contributed by atoms with Crippen LogP contribution in [0.25, 0.3) is 22.3 Å². The molecule has 0 spiro atoms. The van der Waals surface area contributed by atoms with Gasteiger partial charge < -0.3 is 29.7 Å². The average Bonchev–Trinajstić information content (AvgIpc) is 3.91. The van der Waals surface area contributed by atoms with Crippen LogP contribution in [0.4, 0.5) is 38.9 Å². The van der Waals surface area contributed by atoms with E-state index in [1.54, 1.807) is 73.7 Å². The minimum absolute atomic E-state index is 0.0705. The Labute approximate surface area is 414 Å². The van der Waals surface area contributed by atoms with E-state index in [-0.39, 0.29) is 46.6 Å². The molecular formula is C51H52ClFN11O6P. The zero-order valence-corrected chi connectivity index (χ0v) is 41.3. The van der Waals surface area contributed by atoms with Gasteiger partial charge in [0.15, 0.2) is 5.82 Å². The lowest BCUT2D eigenvalue weighted by molar-refractivity contribution is -0.136. The summed E-state index contributed by atoms with van der Waals surface area (Å²) in [4.78, 5) is 68.5. The van der Waals surface area contributed by atoms with Gasteiger partial charge >= 0.3 is 0 Å². The highest BCUT2D eigenvalue weighted by molar-refractivity contribution is 7.70. The van der Waals surface area contributed by atoms with E-state index in [2.05, 4.69) is 40.7 Å². The average molecular weight is 1000 g/mol. The van der Waals surface area contributed by atoms with Crippen LogP contribution in [-0.2, 0) is 21.2 Å². The molecule has 1 atom stereocenters. The number of hydrogen-bond acceptors (Lipinski definition) is 14. The van der Waals surface area contributed by atoms with Crippen molar-refractivity contribution in [2.24, 2.45) is 7.05 Å². The number of piperazine rings is 1. The first-order valence-corrected chi connectivity index (χ1v) is 26.4. The van der Waals surface area contributed by atoms with Crippen LogP contribution in [0.1, 0.15) is 46.4 Å². The Morgan fingerprint density at radius 2 is 1.55 bits per heavy atom. The van der Waals surface area contributed by atoms with E-state index in [9.17, 15) is 28.1 Å². The minimum atomic E-state index is -2.88. The number of piperidine rings is 2. The summed E-state index contributed by atoms with van der Waals surface area (Å²) in [5.74, 6) is -1.34. The molecule has 4 amide bonds. The highest BCUT2D eigenvalue weighted by Gasteiger charge is 2.45. The first-order valence-electron chi connectivity index (χ1n) is 23.4. The van der Waals surface area contributed by atoms with Crippen molar-refractivity contribution in [2.75, 3.05) is 80.1 Å². The third-order valence-electron chi connectivity index (χ3n) is 13.8. The van der Waals surface area contributed by atoms with Crippen molar-refractivity contribution in [2.45, 2.75) is 37.8 Å². The van der Waals surface area contributed by atoms with Gasteiger partial charge in [-0.2, -0.15) is 10.1 Å². The topological polar surface area (TPSA) is 187 Å². The van der Waals surface area contributed by atoms with Gasteiger partial charge in [0.1, 0.15) is 29.8 Å². The molecule has 4 aliphatic heterocycles. The predicted octanol–water partition coefficient (Wildman–Crippen LogP) is 7.27. The van der Waals surface area contributed by atoms with Crippen LogP contribution in [0.3, 0.4) is 0 Å². The largest absolute Gasteiger partial charge is 0.494 e. The summed E-state index contributed by atoms with van der Waals surface area (Å²) in [5.41, 5.74) is 6.40. The van der Waals surface area contributed by atoms with Crippen LogP contribution < -0.4 is 35.8 Å². The summed E-state index contributed by atoms with van der Waals surface area (Å²) in [6, 6.07) is 20.4. The van der Waals surface area contributed by atoms with Crippen LogP contribution in [0.15, 0.2) is 91.4 Å². The summed E-state index contributed by atoms with van der Waals surface area (Å²) >= 11 is 6.67. The highest BCUT2D eigenvalue weighted by Crippen LogP contribution is 2.43. The number of fused-ring (bicyclic) bond motifs is 1. The SMILES string of the molecule is COc1cc(N2CCC(N3CCN(c4ccc5c(c4)C(=O)N(C4CCC(=O)NC4=O)C5=O)CC3)CC2)c(-c2cnn(C)c2)cc1Nc1ncc(Cl)c(Nc2ccc(-c3ccccc3F)cc2P(C)(C)=O)n1. The molecule has 0 radical (unpaired) electrons. The van der Waals surface area contributed by atoms with E-state index in [0.717, 1.165) is 79.5 Å². The number of aromatic nitrogens is 4. The van der Waals surface area contributed by atoms with Crippen molar-refractivity contribution < 1.29 is 32.9 Å². The molecule has 4 aromatic carbocycles. The number of carbonyl (C=O) groups is 4. The molecule has 4 aliphatic rings. The molecule has 10 rings (SSSR count). The molecule has 0 aliphatic carbocycles. The lowest BCUT2D eigenvalue weighted by Gasteiger charge is -2.44. The van der Waals surface area contributed by atoms with E-state index < -0.39 is 36.8 Å². The Kier molecular flexibility index (Phi) is 12.9. The maximum Gasteiger partial charge on any atom is 0.262 e. The van der Waals surface area contributed by atoms with E-state index >= 15 is 0 Å². The van der Waals surface area contributed by atoms with Crippen LogP contribution in [0.2, 0.25) is 5.02 Å². The third-order valence-corrected chi connectivity index (χ3v) is 15.6. The maximum absolute atomic E-state index is 14.8. The Hall–Kier alpha value is -7.14. The number of carbonyl (C=O) groups excluding carboxylic acids is 4. The molecule has 1 unspecified atom stereocenters. The number of benzene rings is 4. The number of aryl methyl sites for hydroxylation is 1. The van der Waals surface area contributed by atoms with Crippen molar-refractivity contribution in [1.29, 1.82) is 0 Å². The van der Waals surface area contributed by atoms with E-state index in [4.69, 9.17) is 21.3 Å². The van der Waals surface area contributed by atoms with Gasteiger partial charge in [0.25, 0.3) is 11.8 Å². The van der Waals surface area contributed by atoms with E-state index in [1.165, 1.54) is 12.3 Å². The van der Waals surface area contributed by atoms with Crippen molar-refractivity contribution in [3.8, 4) is 28.0 Å². The molecule has 20 heteroatoms. The van der Waals surface area contributed by atoms with Gasteiger partial charge in [-0.15, -0.1) is 0 Å². The fraction of sp³-hybridized carbons (Fsp3) is 0.314. The minimum Gasteiger partial charge on any atom is -0.494 e. The van der Waals surface area contributed by atoms with Gasteiger partial charge in [-0.05, 0) is 80.6 Å². The molecule has 3 saturated heterocycles. The standard InChI is InChI=1S/C51H52ClFN11O6P/c1-60-29-31(27-55-60)36-25-41(57-51-54-28-38(52)47(59-51)56-40-12-9-30(23-45(40)71(3,4)69)34-7-5-6-8-39(34)53)44(70-2)26-43(36)63-17-15-32(16-18-63)61-19-21-62(22-20-61)33-10-11-35-37(24-33)50(68)64(49(35)67)42-13-14-46(65)58-48(42)66/h5-12,23-29,32,42H,13-22H2,1-4H3,(H,58,65,66)(H2,54,56,57,59). The fourth-order valence-electron chi connectivity index (χ4n) is 10.1. The van der Waals surface area contributed by atoms with Gasteiger partial charge in [0.05, 0.1) is 42.0 Å². The molecule has 6 aromatic rings. The zero-order valence-electron chi connectivity index (χ0n) is 39.6. The Morgan fingerprint density at radius 3 is 2.25 bits per heavy atom. The Balaban J connectivity index is 0.822. The van der Waals surface area contributed by atoms with Crippen molar-refractivity contribution in [3.63, 3.8) is 0 Å². The molecule has 3 fully saturated rings. The summed E-state index contributed by atoms with van der Waals surface area (Å²) in [7, 11) is 0.612. The second-order valence-corrected chi connectivity index (χ2v) is 22.2. The van der Waals surface area contributed by atoms with E-state index in [0.29, 0.717) is 39.6 Å². The Bertz CT molecular complexity index is 3170. The fourth-order valence-corrected chi connectivity index (χ4v) is 11.4. The molecule has 0 bridgehead atoms. The van der Waals surface area contributed by atoms with Gasteiger partial charge in [0.2, 0.25) is 17.8 Å². The number of ether oxygens (including phenoxy) is 1. The number of imide groups is 2. The number of halogens is 2. The van der Waals surface area contributed by atoms with Gasteiger partial charge in [-0.3, -0.25) is 39.0 Å². The van der Waals surface area contributed by atoms with Crippen LogP contribution in [0.5, 0.6) is 5.75 Å². The van der Waals surface area contributed by atoms with Crippen molar-refractivity contribution in [3.05, 3.63) is 113 Å². The van der Waals surface area contributed by atoms with Crippen LogP contribution >= 0.6 is 18.7 Å². The lowest BCUT2D eigenvalue weighted by Crippen LogP contribution is -2.54. The number of nitrogens with zero attached hydrogens (tertiary/aromatic N) is 8. The van der Waals surface area contributed by atoms with Crippen LogP contribution in [-0.4, -0.2) is 125 Å². The maximum atomic E-state index is 14.8. The number of rotatable bonds is 12. The monoisotopic (exact) mass is 999 g/mol. The predicted molar refractivity (Wildman–Crippen MR) is 272 cm³/mol. The quantitative estimate of drug-likeness (QED) is 0.0821. The number of methoxy groups -OCH3 is 1. The van der Waals surface area contributed by atoms with Crippen LogP contribution in [0, 0.1) is 5.82 Å². The van der Waals surface area contributed by atoms with Crippen molar-refractivity contribution >= 4 is 82.2 Å². The summed E-state index contributed by atoms with van der Waals surface area (Å²) in [5, 5.41) is 14.1. The van der Waals surface area contributed by atoms with Crippen molar-refractivity contribution in [1.82, 2.24) is 34.9 Å². The molecule has 3 N–H and O–H groups in total. The Morgan fingerprint density at radius 1 is 0.789 bits per heavy atom. The number of nitrogens with one attached hydrogen (secondary N) is 3. The first-order chi connectivity index (χ1) is 34.1. The number of amides is 4. The second kappa shape index (κ2) is 19.2. The van der Waals surface area contributed by atoms with Gasteiger partial charge in [-0.25, -0.2) is 9.37 Å². The number of anilines is 6. The van der Waals surface area contributed by atoms with Gasteiger partial charge in [-0.1, -0.05) is 35.9 Å². The highest BCUT2D eigenvalue weighted by atomic mass is 35.5. The van der Waals surface area contributed by atoms with Gasteiger partial charge in [0, 0.05) is 104 Å². The second-order valence-electron chi connectivity index (χ2n) is 18.6. The smallest absolute Gasteiger partial charge is 0.262 e. The lowest BCUT2D eigenvalue weighted by atomic mass is 9.98. The number of hydrogen-bond donors (Lipinski definition) is 3.